The van der Waals surface area contributed by atoms with Gasteiger partial charge in [-0.05, 0) is 17.7 Å². The molecule has 2 aromatic rings. The van der Waals surface area contributed by atoms with E-state index in [1.807, 2.05) is 0 Å². The van der Waals surface area contributed by atoms with Crippen LogP contribution < -0.4 is 10.3 Å². The van der Waals surface area contributed by atoms with Crippen LogP contribution in [0.2, 0.25) is 0 Å². The van der Waals surface area contributed by atoms with Crippen molar-refractivity contribution in [2.24, 2.45) is 0 Å². The summed E-state index contributed by atoms with van der Waals surface area (Å²) in [5.74, 6) is -0.701. The first-order valence-electron chi connectivity index (χ1n) is 6.63. The third-order valence-corrected chi connectivity index (χ3v) is 5.09. The van der Waals surface area contributed by atoms with E-state index in [9.17, 15) is 18.0 Å². The minimum absolute atomic E-state index is 0. The van der Waals surface area contributed by atoms with Crippen LogP contribution in [0.4, 0.5) is 0 Å². The van der Waals surface area contributed by atoms with Crippen LogP contribution in [-0.2, 0) is 25.5 Å². The maximum absolute atomic E-state index is 12.3. The molecule has 1 spiro atoms. The summed E-state index contributed by atoms with van der Waals surface area (Å²) >= 11 is 0. The molecule has 0 saturated carbocycles. The number of rotatable bonds is 0. The number of benzene rings is 1. The molecule has 7 nitrogen and oxygen atoms in total. The Bertz CT molecular complexity index is 977. The minimum atomic E-state index is -3.81. The highest BCUT2D eigenvalue weighted by atomic mass is 32.2. The monoisotopic (exact) mass is 337 g/mol. The van der Waals surface area contributed by atoms with Gasteiger partial charge in [-0.2, -0.15) is 8.42 Å². The third-order valence-electron chi connectivity index (χ3n) is 4.00. The molecule has 2 aliphatic heterocycles. The Morgan fingerprint density at radius 3 is 2.65 bits per heavy atom. The Morgan fingerprint density at radius 1 is 1.13 bits per heavy atom. The molecule has 1 unspecified atom stereocenters. The number of hydrogen-bond acceptors (Lipinski definition) is 6. The summed E-state index contributed by atoms with van der Waals surface area (Å²) < 4.78 is 33.4. The molecular weight excluding hydrogens is 322 g/mol. The summed E-state index contributed by atoms with van der Waals surface area (Å²) in [6, 6.07) is 6.50. The van der Waals surface area contributed by atoms with Crippen molar-refractivity contribution in [3.05, 3.63) is 40.2 Å². The van der Waals surface area contributed by atoms with E-state index in [4.69, 9.17) is 8.92 Å². The van der Waals surface area contributed by atoms with Crippen LogP contribution in [0.15, 0.2) is 29.1 Å². The summed E-state index contributed by atoms with van der Waals surface area (Å²) in [4.78, 5) is 26.3. The number of aromatic nitrogens is 1. The molecule has 8 heteroatoms. The second-order valence-electron chi connectivity index (χ2n) is 5.50. The van der Waals surface area contributed by atoms with Crippen LogP contribution in [0.1, 0.15) is 13.0 Å². The lowest BCUT2D eigenvalue weighted by molar-refractivity contribution is -0.134. The molecule has 0 aliphatic carbocycles. The van der Waals surface area contributed by atoms with Gasteiger partial charge in [0.2, 0.25) is 5.56 Å². The zero-order valence-electron chi connectivity index (χ0n) is 11.3. The lowest BCUT2D eigenvalue weighted by atomic mass is 9.93. The van der Waals surface area contributed by atoms with E-state index in [0.29, 0.717) is 16.7 Å². The largest absolute Gasteiger partial charge is 0.476 e. The lowest BCUT2D eigenvalue weighted by Gasteiger charge is -2.30. The van der Waals surface area contributed by atoms with E-state index in [0.717, 1.165) is 5.56 Å². The van der Waals surface area contributed by atoms with Crippen LogP contribution in [0.5, 0.6) is 5.75 Å². The number of ether oxygens (including phenoxy) is 1. The van der Waals surface area contributed by atoms with Crippen molar-refractivity contribution in [3.8, 4) is 5.75 Å². The van der Waals surface area contributed by atoms with Gasteiger partial charge in [-0.25, -0.2) is 0 Å². The average Bonchev–Trinajstić information content (AvgIpc) is 2.83. The number of H-pyrrole nitrogens is 1. The molecule has 2 aliphatic rings. The van der Waals surface area contributed by atoms with Crippen LogP contribution in [0, 0.1) is 0 Å². The van der Waals surface area contributed by atoms with Gasteiger partial charge >= 0.3 is 0 Å². The topological polar surface area (TPSA) is 103 Å². The van der Waals surface area contributed by atoms with Crippen molar-refractivity contribution < 1.29 is 22.1 Å². The Kier molecular flexibility index (Phi) is 3.35. The van der Waals surface area contributed by atoms with E-state index in [2.05, 4.69) is 4.98 Å². The first-order valence-corrected chi connectivity index (χ1v) is 8.21. The Balaban J connectivity index is 0.00000156. The molecule has 1 fully saturated rings. The van der Waals surface area contributed by atoms with Gasteiger partial charge in [0, 0.05) is 17.9 Å². The fraction of sp³-hybridized carbons (Fsp3) is 0.333. The highest BCUT2D eigenvalue weighted by molar-refractivity contribution is 7.87. The van der Waals surface area contributed by atoms with E-state index in [1.54, 1.807) is 18.2 Å². The van der Waals surface area contributed by atoms with E-state index >= 15 is 0 Å². The van der Waals surface area contributed by atoms with Gasteiger partial charge in [-0.15, -0.1) is 0 Å². The van der Waals surface area contributed by atoms with Crippen LogP contribution in [-0.4, -0.2) is 37.1 Å². The fourth-order valence-corrected chi connectivity index (χ4v) is 3.92. The second-order valence-corrected chi connectivity index (χ2v) is 7.14. The number of pyridine rings is 1. The first-order chi connectivity index (χ1) is 10.4. The van der Waals surface area contributed by atoms with Crippen LogP contribution >= 0.6 is 0 Å². The molecular formula is C15H15NO6S. The number of hydrogen-bond donors (Lipinski definition) is 1. The SMILES string of the molecule is C.O=C1CS(=O)(=O)OCC12Cc1ccc3[nH]c(=O)ccc3c1O2. The van der Waals surface area contributed by atoms with E-state index in [1.165, 1.54) is 6.07 Å². The molecule has 122 valence electrons. The van der Waals surface area contributed by atoms with Crippen molar-refractivity contribution in [2.45, 2.75) is 19.4 Å². The normalized spacial score (nSPS) is 25.0. The number of carbonyl (C=O) groups is 1. The van der Waals surface area contributed by atoms with Gasteiger partial charge < -0.3 is 9.72 Å². The van der Waals surface area contributed by atoms with Gasteiger partial charge in [-0.1, -0.05) is 13.5 Å². The zero-order valence-corrected chi connectivity index (χ0v) is 12.1. The molecule has 1 saturated heterocycles. The lowest BCUT2D eigenvalue weighted by Crippen LogP contribution is -2.54. The summed E-state index contributed by atoms with van der Waals surface area (Å²) in [5.41, 5.74) is -0.142. The summed E-state index contributed by atoms with van der Waals surface area (Å²) in [5, 5.41) is 0.676. The zero-order chi connectivity index (χ0) is 15.5. The van der Waals surface area contributed by atoms with Crippen LogP contribution in [0.25, 0.3) is 10.9 Å². The van der Waals surface area contributed by atoms with Gasteiger partial charge in [0.25, 0.3) is 10.1 Å². The summed E-state index contributed by atoms with van der Waals surface area (Å²) in [6.07, 6.45) is 0.256. The predicted molar refractivity (Wildman–Crippen MR) is 83.1 cm³/mol. The maximum atomic E-state index is 12.3. The summed E-state index contributed by atoms with van der Waals surface area (Å²) in [7, 11) is -3.81. The fourth-order valence-electron chi connectivity index (χ4n) is 2.89. The highest BCUT2D eigenvalue weighted by Crippen LogP contribution is 2.41. The van der Waals surface area contributed by atoms with Gasteiger partial charge in [0.05, 0.1) is 5.52 Å². The van der Waals surface area contributed by atoms with Crippen molar-refractivity contribution in [3.63, 3.8) is 0 Å². The molecule has 1 aromatic heterocycles. The smallest absolute Gasteiger partial charge is 0.274 e. The number of carbonyl (C=O) groups excluding carboxylic acids is 1. The number of Topliss-reactive ketones (excluding diaryl/α,β-unsaturated/α-hetero) is 1. The van der Waals surface area contributed by atoms with Crippen molar-refractivity contribution in [1.29, 1.82) is 0 Å². The summed E-state index contributed by atoms with van der Waals surface area (Å²) in [6.45, 7) is -0.326. The first kappa shape index (κ1) is 15.7. The Morgan fingerprint density at radius 2 is 1.91 bits per heavy atom. The maximum Gasteiger partial charge on any atom is 0.274 e. The minimum Gasteiger partial charge on any atom is -0.476 e. The highest BCUT2D eigenvalue weighted by Gasteiger charge is 2.52. The molecule has 3 heterocycles. The number of nitrogens with one attached hydrogen (secondary N) is 1. The molecule has 23 heavy (non-hydrogen) atoms. The molecule has 1 aromatic carbocycles. The molecule has 1 atom stereocenters. The van der Waals surface area contributed by atoms with Crippen molar-refractivity contribution in [2.75, 3.05) is 12.4 Å². The number of ketones is 1. The van der Waals surface area contributed by atoms with E-state index < -0.39 is 27.3 Å². The van der Waals surface area contributed by atoms with Gasteiger partial charge in [-0.3, -0.25) is 13.8 Å². The molecule has 4 rings (SSSR count). The quantitative estimate of drug-likeness (QED) is 0.712. The van der Waals surface area contributed by atoms with Crippen molar-refractivity contribution >= 4 is 26.8 Å². The van der Waals surface area contributed by atoms with Gasteiger partial charge in [0.1, 0.15) is 18.1 Å². The average molecular weight is 337 g/mol. The third kappa shape index (κ3) is 2.34. The number of fused-ring (bicyclic) bond motifs is 3. The van der Waals surface area contributed by atoms with Crippen molar-refractivity contribution in [1.82, 2.24) is 4.98 Å². The predicted octanol–water partition coefficient (Wildman–Crippen LogP) is 0.767. The van der Waals surface area contributed by atoms with Crippen LogP contribution in [0.3, 0.4) is 0 Å². The Hall–Kier alpha value is -2.19. The molecule has 1 N–H and O–H groups in total. The molecule has 0 amide bonds. The number of aromatic amines is 1. The Labute approximate surface area is 132 Å². The molecule has 0 bridgehead atoms. The van der Waals surface area contributed by atoms with Gasteiger partial charge in [0.15, 0.2) is 11.4 Å². The molecule has 0 radical (unpaired) electrons. The standard InChI is InChI=1S/C14H11NO6S.CH4/c16-11-6-22(18,19)20-7-14(11)5-8-1-3-10-9(13(8)21-14)2-4-12(17)15-10;/h1-4H,5-7H2,(H,15,17);1H4. The second kappa shape index (κ2) is 4.90. The van der Waals surface area contributed by atoms with E-state index in [-0.39, 0.29) is 26.0 Å².